The molecule has 0 radical (unpaired) electrons. The zero-order valence-corrected chi connectivity index (χ0v) is 15.7. The summed E-state index contributed by atoms with van der Waals surface area (Å²) >= 11 is 0. The minimum Gasteiger partial charge on any atom is -0.301 e. The van der Waals surface area contributed by atoms with E-state index in [9.17, 15) is 0 Å². The Morgan fingerprint density at radius 2 is 1.15 bits per heavy atom. The Labute approximate surface area is 127 Å². The average Bonchev–Trinajstić information content (AvgIpc) is 2.33. The highest BCUT2D eigenvalue weighted by Crippen LogP contribution is 2.41. The van der Waals surface area contributed by atoms with Crippen LogP contribution in [0.3, 0.4) is 0 Å². The molecule has 1 saturated heterocycles. The van der Waals surface area contributed by atoms with Gasteiger partial charge in [-0.25, -0.2) is 0 Å². The third-order valence-corrected chi connectivity index (χ3v) is 4.66. The zero-order valence-electron chi connectivity index (χ0n) is 15.7. The molecule has 0 aromatic carbocycles. The highest BCUT2D eigenvalue weighted by molar-refractivity contribution is 5.03. The molecule has 0 N–H and O–H groups in total. The van der Waals surface area contributed by atoms with Crippen molar-refractivity contribution < 1.29 is 0 Å². The lowest BCUT2D eigenvalue weighted by Crippen LogP contribution is -2.63. The van der Waals surface area contributed by atoms with Crippen molar-refractivity contribution in [2.75, 3.05) is 20.1 Å². The number of rotatable bonds is 0. The van der Waals surface area contributed by atoms with Crippen LogP contribution >= 0.6 is 0 Å². The second-order valence-electron chi connectivity index (χ2n) is 9.82. The van der Waals surface area contributed by atoms with E-state index in [0.717, 1.165) is 0 Å². The zero-order chi connectivity index (χ0) is 15.9. The van der Waals surface area contributed by atoms with Crippen LogP contribution in [0.5, 0.6) is 0 Å². The van der Waals surface area contributed by atoms with Crippen molar-refractivity contribution in [2.45, 2.75) is 86.4 Å². The Morgan fingerprint density at radius 3 is 1.50 bits per heavy atom. The van der Waals surface area contributed by atoms with Crippen molar-refractivity contribution in [2.24, 2.45) is 10.8 Å². The summed E-state index contributed by atoms with van der Waals surface area (Å²) in [6, 6.07) is 1.17. The average molecular weight is 283 g/mol. The molecule has 0 spiro atoms. The first-order valence-corrected chi connectivity index (χ1v) is 8.23. The molecule has 0 amide bonds. The summed E-state index contributed by atoms with van der Waals surface area (Å²) < 4.78 is 0. The van der Waals surface area contributed by atoms with Gasteiger partial charge in [0.15, 0.2) is 0 Å². The standard InChI is InChI=1S/C18H38N2/c1-16(2,3)14-15(17(4,5)6)20(18(7,8)9)13-11-12-19(14)10/h14-15H,11-13H2,1-10H3. The molecule has 0 aromatic heterocycles. The van der Waals surface area contributed by atoms with Gasteiger partial charge in [0.1, 0.15) is 0 Å². The van der Waals surface area contributed by atoms with Crippen molar-refractivity contribution in [1.29, 1.82) is 0 Å². The molecule has 1 heterocycles. The fourth-order valence-electron chi connectivity index (χ4n) is 4.01. The molecule has 1 aliphatic rings. The van der Waals surface area contributed by atoms with Crippen LogP contribution in [0.2, 0.25) is 0 Å². The van der Waals surface area contributed by atoms with Gasteiger partial charge in [-0.15, -0.1) is 0 Å². The van der Waals surface area contributed by atoms with Crippen LogP contribution in [0.1, 0.15) is 68.7 Å². The molecule has 2 heteroatoms. The first kappa shape index (κ1) is 18.0. The maximum atomic E-state index is 2.77. The lowest BCUT2D eigenvalue weighted by Gasteiger charge is -2.54. The highest BCUT2D eigenvalue weighted by atomic mass is 15.3. The summed E-state index contributed by atoms with van der Waals surface area (Å²) in [5.74, 6) is 0. The van der Waals surface area contributed by atoms with E-state index in [1.165, 1.54) is 19.5 Å². The summed E-state index contributed by atoms with van der Waals surface area (Å²) in [6.07, 6.45) is 1.27. The van der Waals surface area contributed by atoms with E-state index in [1.54, 1.807) is 0 Å². The molecule has 120 valence electrons. The van der Waals surface area contributed by atoms with Gasteiger partial charge in [-0.2, -0.15) is 0 Å². The lowest BCUT2D eigenvalue weighted by molar-refractivity contribution is -0.0406. The summed E-state index contributed by atoms with van der Waals surface area (Å²) in [5.41, 5.74) is 0.803. The first-order chi connectivity index (χ1) is 8.76. The maximum Gasteiger partial charge on any atom is 0.0310 e. The maximum absolute atomic E-state index is 2.77. The predicted molar refractivity (Wildman–Crippen MR) is 90.2 cm³/mol. The lowest BCUT2D eigenvalue weighted by atomic mass is 9.70. The van der Waals surface area contributed by atoms with Crippen molar-refractivity contribution >= 4 is 0 Å². The van der Waals surface area contributed by atoms with Crippen LogP contribution in [0, 0.1) is 10.8 Å². The largest absolute Gasteiger partial charge is 0.301 e. The molecule has 2 unspecified atom stereocenters. The van der Waals surface area contributed by atoms with E-state index in [-0.39, 0.29) is 11.0 Å². The number of hydrogen-bond acceptors (Lipinski definition) is 2. The van der Waals surface area contributed by atoms with Crippen molar-refractivity contribution in [3.63, 3.8) is 0 Å². The van der Waals surface area contributed by atoms with E-state index in [1.807, 2.05) is 0 Å². The van der Waals surface area contributed by atoms with Crippen LogP contribution in [-0.2, 0) is 0 Å². The molecule has 0 saturated carbocycles. The van der Waals surface area contributed by atoms with E-state index < -0.39 is 0 Å². The molecular weight excluding hydrogens is 244 g/mol. The van der Waals surface area contributed by atoms with E-state index >= 15 is 0 Å². The Kier molecular flexibility index (Phi) is 5.04. The number of nitrogens with zero attached hydrogens (tertiary/aromatic N) is 2. The van der Waals surface area contributed by atoms with Gasteiger partial charge < -0.3 is 4.90 Å². The van der Waals surface area contributed by atoms with Crippen molar-refractivity contribution in [3.8, 4) is 0 Å². The molecule has 0 bridgehead atoms. The minimum atomic E-state index is 0.229. The second kappa shape index (κ2) is 5.61. The minimum absolute atomic E-state index is 0.229. The third kappa shape index (κ3) is 3.98. The van der Waals surface area contributed by atoms with Gasteiger partial charge in [-0.05, 0) is 51.6 Å². The van der Waals surface area contributed by atoms with Crippen LogP contribution in [0.15, 0.2) is 0 Å². The van der Waals surface area contributed by atoms with Crippen LogP contribution < -0.4 is 0 Å². The second-order valence-corrected chi connectivity index (χ2v) is 9.82. The van der Waals surface area contributed by atoms with Gasteiger partial charge >= 0.3 is 0 Å². The predicted octanol–water partition coefficient (Wildman–Crippen LogP) is 4.25. The van der Waals surface area contributed by atoms with Crippen LogP contribution in [-0.4, -0.2) is 47.6 Å². The summed E-state index contributed by atoms with van der Waals surface area (Å²) in [5, 5.41) is 0. The Hall–Kier alpha value is -0.0800. The van der Waals surface area contributed by atoms with Crippen molar-refractivity contribution in [1.82, 2.24) is 9.80 Å². The van der Waals surface area contributed by atoms with Gasteiger partial charge in [0.25, 0.3) is 0 Å². The Morgan fingerprint density at radius 1 is 0.700 bits per heavy atom. The number of likely N-dealkylation sites (N-methyl/N-ethyl adjacent to an activating group) is 1. The van der Waals surface area contributed by atoms with Crippen molar-refractivity contribution in [3.05, 3.63) is 0 Å². The molecular formula is C18H38N2. The molecule has 20 heavy (non-hydrogen) atoms. The summed E-state index contributed by atoms with van der Waals surface area (Å²) in [4.78, 5) is 5.38. The topological polar surface area (TPSA) is 6.48 Å². The molecule has 2 nitrogen and oxygen atoms in total. The monoisotopic (exact) mass is 282 g/mol. The molecule has 0 aromatic rings. The van der Waals surface area contributed by atoms with Gasteiger partial charge in [0, 0.05) is 24.2 Å². The summed E-state index contributed by atoms with van der Waals surface area (Å²) in [6.45, 7) is 24.0. The molecule has 2 atom stereocenters. The molecule has 1 fully saturated rings. The normalized spacial score (nSPS) is 28.5. The highest BCUT2D eigenvalue weighted by Gasteiger charge is 2.47. The fraction of sp³-hybridized carbons (Fsp3) is 1.00. The van der Waals surface area contributed by atoms with Gasteiger partial charge in [-0.3, -0.25) is 4.90 Å². The van der Waals surface area contributed by atoms with E-state index in [2.05, 4.69) is 79.2 Å². The smallest absolute Gasteiger partial charge is 0.0310 e. The Balaban J connectivity index is 3.34. The molecule has 1 rings (SSSR count). The SMILES string of the molecule is CN1CCCN(C(C)(C)C)C(C(C)(C)C)C1C(C)(C)C. The van der Waals surface area contributed by atoms with Gasteiger partial charge in [0.2, 0.25) is 0 Å². The fourth-order valence-corrected chi connectivity index (χ4v) is 4.01. The summed E-state index contributed by atoms with van der Waals surface area (Å²) in [7, 11) is 2.32. The molecule has 0 aliphatic carbocycles. The molecule has 1 aliphatic heterocycles. The van der Waals surface area contributed by atoms with Gasteiger partial charge in [-0.1, -0.05) is 41.5 Å². The van der Waals surface area contributed by atoms with Crippen LogP contribution in [0.25, 0.3) is 0 Å². The van der Waals surface area contributed by atoms with E-state index in [0.29, 0.717) is 17.5 Å². The first-order valence-electron chi connectivity index (χ1n) is 8.23. The number of hydrogen-bond donors (Lipinski definition) is 0. The van der Waals surface area contributed by atoms with Crippen LogP contribution in [0.4, 0.5) is 0 Å². The third-order valence-electron chi connectivity index (χ3n) is 4.66. The van der Waals surface area contributed by atoms with Gasteiger partial charge in [0.05, 0.1) is 0 Å². The quantitative estimate of drug-likeness (QED) is 0.655. The Bertz CT molecular complexity index is 314. The van der Waals surface area contributed by atoms with E-state index in [4.69, 9.17) is 0 Å².